The van der Waals surface area contributed by atoms with Crippen LogP contribution in [0.4, 0.5) is 5.69 Å². The molecular weight excluding hydrogens is 184 g/mol. The van der Waals surface area contributed by atoms with Gasteiger partial charge in [-0.15, -0.1) is 0 Å². The van der Waals surface area contributed by atoms with Crippen molar-refractivity contribution in [3.63, 3.8) is 0 Å². The molecule has 0 atom stereocenters. The Morgan fingerprint density at radius 1 is 1.20 bits per heavy atom. The van der Waals surface area contributed by atoms with Gasteiger partial charge in [0.05, 0.1) is 0 Å². The summed E-state index contributed by atoms with van der Waals surface area (Å²) in [6, 6.07) is 8.64. The van der Waals surface area contributed by atoms with Crippen molar-refractivity contribution < 1.29 is 0 Å². The molecule has 1 aromatic rings. The summed E-state index contributed by atoms with van der Waals surface area (Å²) in [5.41, 5.74) is 2.57. The Balaban J connectivity index is 1.79. The molecule has 1 saturated heterocycles. The molecule has 1 heterocycles. The molecule has 0 aliphatic carbocycles. The number of hydrogen-bond donors (Lipinski definition) is 2. The Morgan fingerprint density at radius 2 is 1.87 bits per heavy atom. The van der Waals surface area contributed by atoms with E-state index in [0.29, 0.717) is 0 Å². The molecule has 1 fully saturated rings. The predicted molar refractivity (Wildman–Crippen MR) is 65.3 cm³/mol. The number of nitrogens with one attached hydrogen (secondary N) is 2. The third kappa shape index (κ3) is 3.24. The van der Waals surface area contributed by atoms with Gasteiger partial charge in [-0.3, -0.25) is 0 Å². The fourth-order valence-corrected chi connectivity index (χ4v) is 2.02. The molecule has 2 nitrogen and oxygen atoms in total. The van der Waals surface area contributed by atoms with Gasteiger partial charge in [-0.1, -0.05) is 17.7 Å². The molecule has 0 radical (unpaired) electrons. The van der Waals surface area contributed by atoms with E-state index in [4.69, 9.17) is 0 Å². The maximum Gasteiger partial charge on any atom is 0.0340 e. The first-order valence-electron chi connectivity index (χ1n) is 5.86. The van der Waals surface area contributed by atoms with Crippen molar-refractivity contribution in [1.82, 2.24) is 5.32 Å². The lowest BCUT2D eigenvalue weighted by atomic mass is 9.98. The van der Waals surface area contributed by atoms with Gasteiger partial charge in [0, 0.05) is 12.2 Å². The molecule has 15 heavy (non-hydrogen) atoms. The number of anilines is 1. The molecule has 1 aromatic carbocycles. The number of piperidine rings is 1. The summed E-state index contributed by atoms with van der Waals surface area (Å²) < 4.78 is 0. The van der Waals surface area contributed by atoms with Crippen molar-refractivity contribution in [3.8, 4) is 0 Å². The second-order valence-electron chi connectivity index (χ2n) is 4.44. The summed E-state index contributed by atoms with van der Waals surface area (Å²) in [6.45, 7) is 5.60. The minimum atomic E-state index is 0.840. The monoisotopic (exact) mass is 204 g/mol. The Morgan fingerprint density at radius 3 is 2.53 bits per heavy atom. The molecule has 0 unspecified atom stereocenters. The zero-order chi connectivity index (χ0) is 10.5. The van der Waals surface area contributed by atoms with Crippen LogP contribution < -0.4 is 10.6 Å². The van der Waals surface area contributed by atoms with Crippen LogP contribution in [0.5, 0.6) is 0 Å². The SMILES string of the molecule is Cc1ccc(NCC2CCNCC2)cc1. The highest BCUT2D eigenvalue weighted by molar-refractivity contribution is 5.44. The van der Waals surface area contributed by atoms with E-state index in [0.717, 1.165) is 12.5 Å². The number of aryl methyl sites for hydroxylation is 1. The van der Waals surface area contributed by atoms with Crippen molar-refractivity contribution in [2.24, 2.45) is 5.92 Å². The second-order valence-corrected chi connectivity index (χ2v) is 4.44. The van der Waals surface area contributed by atoms with Crippen molar-refractivity contribution in [1.29, 1.82) is 0 Å². The Kier molecular flexibility index (Phi) is 3.62. The van der Waals surface area contributed by atoms with Gasteiger partial charge in [0.1, 0.15) is 0 Å². The molecule has 2 N–H and O–H groups in total. The van der Waals surface area contributed by atoms with E-state index in [2.05, 4.69) is 41.8 Å². The summed E-state index contributed by atoms with van der Waals surface area (Å²) >= 11 is 0. The number of benzene rings is 1. The van der Waals surface area contributed by atoms with Gasteiger partial charge in [0.2, 0.25) is 0 Å². The van der Waals surface area contributed by atoms with Gasteiger partial charge in [-0.2, -0.15) is 0 Å². The summed E-state index contributed by atoms with van der Waals surface area (Å²) in [4.78, 5) is 0. The third-order valence-electron chi connectivity index (χ3n) is 3.11. The normalized spacial score (nSPS) is 17.7. The fourth-order valence-electron chi connectivity index (χ4n) is 2.02. The second kappa shape index (κ2) is 5.17. The standard InChI is InChI=1S/C13H20N2/c1-11-2-4-13(5-3-11)15-10-12-6-8-14-9-7-12/h2-5,12,14-15H,6-10H2,1H3. The molecule has 0 amide bonds. The molecule has 2 heteroatoms. The molecule has 0 saturated carbocycles. The van der Waals surface area contributed by atoms with Crippen LogP contribution in [0.1, 0.15) is 18.4 Å². The summed E-state index contributed by atoms with van der Waals surface area (Å²) in [6.07, 6.45) is 2.61. The summed E-state index contributed by atoms with van der Waals surface area (Å²) in [7, 11) is 0. The highest BCUT2D eigenvalue weighted by Crippen LogP contribution is 2.14. The van der Waals surface area contributed by atoms with E-state index in [1.807, 2.05) is 0 Å². The molecule has 82 valence electrons. The maximum atomic E-state index is 3.51. The van der Waals surface area contributed by atoms with E-state index in [9.17, 15) is 0 Å². The number of hydrogen-bond acceptors (Lipinski definition) is 2. The van der Waals surface area contributed by atoms with E-state index < -0.39 is 0 Å². The molecular formula is C13H20N2. The smallest absolute Gasteiger partial charge is 0.0340 e. The highest BCUT2D eigenvalue weighted by Gasteiger charge is 2.11. The van der Waals surface area contributed by atoms with Crippen molar-refractivity contribution in [2.45, 2.75) is 19.8 Å². The Labute approximate surface area is 92.1 Å². The lowest BCUT2D eigenvalue weighted by Gasteiger charge is -2.23. The van der Waals surface area contributed by atoms with Crippen LogP contribution in [-0.2, 0) is 0 Å². The van der Waals surface area contributed by atoms with E-state index in [1.165, 1.54) is 37.2 Å². The minimum Gasteiger partial charge on any atom is -0.385 e. The predicted octanol–water partition coefficient (Wildman–Crippen LogP) is 2.41. The molecule has 2 rings (SSSR count). The average Bonchev–Trinajstić information content (AvgIpc) is 2.30. The van der Waals surface area contributed by atoms with E-state index in [-0.39, 0.29) is 0 Å². The molecule has 0 aromatic heterocycles. The molecule has 0 spiro atoms. The average molecular weight is 204 g/mol. The van der Waals surface area contributed by atoms with Gasteiger partial charge in [-0.05, 0) is 50.9 Å². The lowest BCUT2D eigenvalue weighted by Crippen LogP contribution is -2.31. The first kappa shape index (κ1) is 10.5. The summed E-state index contributed by atoms with van der Waals surface area (Å²) in [5.74, 6) is 0.840. The van der Waals surface area contributed by atoms with Crippen LogP contribution in [0.15, 0.2) is 24.3 Å². The Hall–Kier alpha value is -1.02. The third-order valence-corrected chi connectivity index (χ3v) is 3.11. The van der Waals surface area contributed by atoms with Crippen LogP contribution in [0.25, 0.3) is 0 Å². The molecule has 1 aliphatic rings. The first-order chi connectivity index (χ1) is 7.34. The van der Waals surface area contributed by atoms with Gasteiger partial charge in [-0.25, -0.2) is 0 Å². The minimum absolute atomic E-state index is 0.840. The fraction of sp³-hybridized carbons (Fsp3) is 0.538. The largest absolute Gasteiger partial charge is 0.385 e. The summed E-state index contributed by atoms with van der Waals surface area (Å²) in [5, 5.41) is 6.91. The highest BCUT2D eigenvalue weighted by atomic mass is 14.9. The van der Waals surface area contributed by atoms with Gasteiger partial charge < -0.3 is 10.6 Å². The first-order valence-corrected chi connectivity index (χ1v) is 5.86. The van der Waals surface area contributed by atoms with Gasteiger partial charge in [0.25, 0.3) is 0 Å². The Bertz CT molecular complexity index is 286. The quantitative estimate of drug-likeness (QED) is 0.790. The van der Waals surface area contributed by atoms with Crippen molar-refractivity contribution in [2.75, 3.05) is 25.0 Å². The number of rotatable bonds is 3. The topological polar surface area (TPSA) is 24.1 Å². The van der Waals surface area contributed by atoms with Crippen LogP contribution in [0, 0.1) is 12.8 Å². The van der Waals surface area contributed by atoms with Gasteiger partial charge in [0.15, 0.2) is 0 Å². The zero-order valence-corrected chi connectivity index (χ0v) is 9.42. The van der Waals surface area contributed by atoms with Crippen LogP contribution >= 0.6 is 0 Å². The van der Waals surface area contributed by atoms with Crippen molar-refractivity contribution in [3.05, 3.63) is 29.8 Å². The van der Waals surface area contributed by atoms with Crippen LogP contribution in [0.2, 0.25) is 0 Å². The van der Waals surface area contributed by atoms with Crippen LogP contribution in [-0.4, -0.2) is 19.6 Å². The molecule has 1 aliphatic heterocycles. The zero-order valence-electron chi connectivity index (χ0n) is 9.42. The van der Waals surface area contributed by atoms with E-state index in [1.54, 1.807) is 0 Å². The lowest BCUT2D eigenvalue weighted by molar-refractivity contribution is 0.390. The van der Waals surface area contributed by atoms with Crippen LogP contribution in [0.3, 0.4) is 0 Å². The van der Waals surface area contributed by atoms with Crippen molar-refractivity contribution >= 4 is 5.69 Å². The van der Waals surface area contributed by atoms with E-state index >= 15 is 0 Å². The molecule has 0 bridgehead atoms. The van der Waals surface area contributed by atoms with Gasteiger partial charge >= 0.3 is 0 Å². The maximum absolute atomic E-state index is 3.51.